The second-order valence-electron chi connectivity index (χ2n) is 4.55. The summed E-state index contributed by atoms with van der Waals surface area (Å²) in [5.74, 6) is 0. The van der Waals surface area contributed by atoms with Crippen LogP contribution in [0.15, 0.2) is 71.4 Å². The van der Waals surface area contributed by atoms with E-state index in [-0.39, 0.29) is 0 Å². The maximum atomic E-state index is 5.90. The van der Waals surface area contributed by atoms with Gasteiger partial charge in [0.1, 0.15) is 11.2 Å². The van der Waals surface area contributed by atoms with Crippen molar-refractivity contribution in [3.8, 4) is 11.1 Å². The van der Waals surface area contributed by atoms with Crippen LogP contribution in [0.2, 0.25) is 0 Å². The summed E-state index contributed by atoms with van der Waals surface area (Å²) in [5, 5.41) is 2.33. The third-order valence-corrected chi connectivity index (χ3v) is 3.39. The lowest BCUT2D eigenvalue weighted by Crippen LogP contribution is -1.77. The molecule has 90 valence electrons. The van der Waals surface area contributed by atoms with Crippen molar-refractivity contribution in [2.45, 2.75) is 0 Å². The van der Waals surface area contributed by atoms with Crippen LogP contribution in [-0.4, -0.2) is 4.98 Å². The molecule has 0 amide bonds. The maximum Gasteiger partial charge on any atom is 0.136 e. The SMILES string of the molecule is c1ccc2c(c1)oc1cc(-c3ccncc3)ccc12. The van der Waals surface area contributed by atoms with E-state index in [1.807, 2.05) is 30.3 Å². The van der Waals surface area contributed by atoms with Gasteiger partial charge in [-0.2, -0.15) is 0 Å². The molecule has 0 radical (unpaired) electrons. The molecule has 2 heterocycles. The summed E-state index contributed by atoms with van der Waals surface area (Å²) >= 11 is 0. The Morgan fingerprint density at radius 1 is 0.684 bits per heavy atom. The standard InChI is InChI=1S/C17H11NO/c1-2-4-16-14(3-1)15-6-5-13(11-17(15)19-16)12-7-9-18-10-8-12/h1-11H. The van der Waals surface area contributed by atoms with Crippen molar-refractivity contribution in [3.63, 3.8) is 0 Å². The van der Waals surface area contributed by atoms with Crippen molar-refractivity contribution in [2.24, 2.45) is 0 Å². The maximum absolute atomic E-state index is 5.90. The largest absolute Gasteiger partial charge is 0.456 e. The minimum Gasteiger partial charge on any atom is -0.456 e. The van der Waals surface area contributed by atoms with Gasteiger partial charge in [0.15, 0.2) is 0 Å². The summed E-state index contributed by atoms with van der Waals surface area (Å²) < 4.78 is 5.90. The normalized spacial score (nSPS) is 11.2. The Balaban J connectivity index is 1.99. The molecule has 4 rings (SSSR count). The van der Waals surface area contributed by atoms with E-state index in [4.69, 9.17) is 4.42 Å². The molecule has 2 aromatic heterocycles. The number of rotatable bonds is 1. The van der Waals surface area contributed by atoms with Crippen molar-refractivity contribution in [3.05, 3.63) is 67.0 Å². The lowest BCUT2D eigenvalue weighted by atomic mass is 10.0. The molecule has 0 saturated heterocycles. The number of fused-ring (bicyclic) bond motifs is 3. The Bertz CT molecular complexity index is 862. The fraction of sp³-hybridized carbons (Fsp3) is 0. The van der Waals surface area contributed by atoms with Crippen molar-refractivity contribution in [1.29, 1.82) is 0 Å². The topological polar surface area (TPSA) is 26.0 Å². The molecule has 0 saturated carbocycles. The first-order chi connectivity index (χ1) is 9.42. The second-order valence-corrected chi connectivity index (χ2v) is 4.55. The van der Waals surface area contributed by atoms with Gasteiger partial charge >= 0.3 is 0 Å². The number of para-hydroxylation sites is 1. The van der Waals surface area contributed by atoms with E-state index in [0.29, 0.717) is 0 Å². The van der Waals surface area contributed by atoms with Crippen LogP contribution < -0.4 is 0 Å². The minimum atomic E-state index is 0.926. The highest BCUT2D eigenvalue weighted by Crippen LogP contribution is 2.31. The zero-order chi connectivity index (χ0) is 12.7. The number of nitrogens with zero attached hydrogens (tertiary/aromatic N) is 1. The highest BCUT2D eigenvalue weighted by Gasteiger charge is 2.07. The molecule has 0 aliphatic rings. The monoisotopic (exact) mass is 245 g/mol. The Morgan fingerprint density at radius 3 is 2.37 bits per heavy atom. The van der Waals surface area contributed by atoms with E-state index in [2.05, 4.69) is 29.2 Å². The molecule has 2 nitrogen and oxygen atoms in total. The van der Waals surface area contributed by atoms with Gasteiger partial charge in [0.05, 0.1) is 0 Å². The highest BCUT2D eigenvalue weighted by atomic mass is 16.3. The van der Waals surface area contributed by atoms with Crippen LogP contribution in [0.4, 0.5) is 0 Å². The minimum absolute atomic E-state index is 0.926. The van der Waals surface area contributed by atoms with Crippen LogP contribution >= 0.6 is 0 Å². The summed E-state index contributed by atoms with van der Waals surface area (Å²) in [6, 6.07) is 18.5. The first-order valence-electron chi connectivity index (χ1n) is 6.23. The van der Waals surface area contributed by atoms with E-state index < -0.39 is 0 Å². The quantitative estimate of drug-likeness (QED) is 0.488. The van der Waals surface area contributed by atoms with Gasteiger partial charge in [-0.25, -0.2) is 0 Å². The molecule has 2 aromatic carbocycles. The lowest BCUT2D eigenvalue weighted by Gasteiger charge is -2.00. The molecule has 0 spiro atoms. The van der Waals surface area contributed by atoms with Crippen molar-refractivity contribution in [2.75, 3.05) is 0 Å². The third kappa shape index (κ3) is 1.61. The molecule has 0 atom stereocenters. The number of hydrogen-bond acceptors (Lipinski definition) is 2. The number of aromatic nitrogens is 1. The predicted molar refractivity (Wildman–Crippen MR) is 77.0 cm³/mol. The van der Waals surface area contributed by atoms with Crippen molar-refractivity contribution >= 4 is 21.9 Å². The van der Waals surface area contributed by atoms with Gasteiger partial charge in [-0.15, -0.1) is 0 Å². The van der Waals surface area contributed by atoms with E-state index in [0.717, 1.165) is 27.7 Å². The molecular weight excluding hydrogens is 234 g/mol. The molecular formula is C17H11NO. The molecule has 4 aromatic rings. The van der Waals surface area contributed by atoms with Crippen LogP contribution in [-0.2, 0) is 0 Å². The average Bonchev–Trinajstić information content (AvgIpc) is 2.86. The van der Waals surface area contributed by atoms with Crippen LogP contribution in [0.25, 0.3) is 33.1 Å². The number of hydrogen-bond donors (Lipinski definition) is 0. The Morgan fingerprint density at radius 2 is 1.47 bits per heavy atom. The first kappa shape index (κ1) is 10.3. The summed E-state index contributed by atoms with van der Waals surface area (Å²) in [4.78, 5) is 4.04. The average molecular weight is 245 g/mol. The van der Waals surface area contributed by atoms with Gasteiger partial charge in [0, 0.05) is 23.2 Å². The van der Waals surface area contributed by atoms with Gasteiger partial charge in [-0.3, -0.25) is 4.98 Å². The van der Waals surface area contributed by atoms with Gasteiger partial charge in [0.25, 0.3) is 0 Å². The van der Waals surface area contributed by atoms with Gasteiger partial charge in [-0.05, 0) is 41.5 Å². The second kappa shape index (κ2) is 3.95. The summed E-state index contributed by atoms with van der Waals surface area (Å²) in [5.41, 5.74) is 4.16. The molecule has 0 aliphatic carbocycles. The van der Waals surface area contributed by atoms with Crippen LogP contribution in [0, 0.1) is 0 Å². The summed E-state index contributed by atoms with van der Waals surface area (Å²) in [6.07, 6.45) is 3.61. The number of benzene rings is 2. The fourth-order valence-corrected chi connectivity index (χ4v) is 2.45. The van der Waals surface area contributed by atoms with Gasteiger partial charge < -0.3 is 4.42 Å². The Kier molecular flexibility index (Phi) is 2.15. The van der Waals surface area contributed by atoms with Crippen molar-refractivity contribution < 1.29 is 4.42 Å². The molecule has 0 aliphatic heterocycles. The Hall–Kier alpha value is -2.61. The Labute approximate surface area is 110 Å². The van der Waals surface area contributed by atoms with E-state index in [1.54, 1.807) is 12.4 Å². The smallest absolute Gasteiger partial charge is 0.136 e. The van der Waals surface area contributed by atoms with E-state index in [9.17, 15) is 0 Å². The molecule has 19 heavy (non-hydrogen) atoms. The van der Waals surface area contributed by atoms with Gasteiger partial charge in [-0.1, -0.05) is 24.3 Å². The molecule has 0 unspecified atom stereocenters. The fourth-order valence-electron chi connectivity index (χ4n) is 2.45. The molecule has 0 bridgehead atoms. The molecule has 2 heteroatoms. The number of furan rings is 1. The van der Waals surface area contributed by atoms with Crippen LogP contribution in [0.3, 0.4) is 0 Å². The van der Waals surface area contributed by atoms with Crippen molar-refractivity contribution in [1.82, 2.24) is 4.98 Å². The molecule has 0 N–H and O–H groups in total. The lowest BCUT2D eigenvalue weighted by molar-refractivity contribution is 0.669. The summed E-state index contributed by atoms with van der Waals surface area (Å²) in [7, 11) is 0. The third-order valence-electron chi connectivity index (χ3n) is 3.39. The highest BCUT2D eigenvalue weighted by molar-refractivity contribution is 6.05. The molecule has 0 fully saturated rings. The predicted octanol–water partition coefficient (Wildman–Crippen LogP) is 4.65. The zero-order valence-electron chi connectivity index (χ0n) is 10.2. The zero-order valence-corrected chi connectivity index (χ0v) is 10.2. The summed E-state index contributed by atoms with van der Waals surface area (Å²) in [6.45, 7) is 0. The van der Waals surface area contributed by atoms with E-state index >= 15 is 0 Å². The van der Waals surface area contributed by atoms with Gasteiger partial charge in [0.2, 0.25) is 0 Å². The van der Waals surface area contributed by atoms with Crippen LogP contribution in [0.5, 0.6) is 0 Å². The first-order valence-corrected chi connectivity index (χ1v) is 6.23. The number of pyridine rings is 1. The van der Waals surface area contributed by atoms with E-state index in [1.165, 1.54) is 5.39 Å². The van der Waals surface area contributed by atoms with Crippen LogP contribution in [0.1, 0.15) is 0 Å².